The molecule has 8 heteroatoms. The SMILES string of the molecule is CCOC(=O)c1cnn(-c2cc(C)c3cccc(C)c3n2)c1Nc1ccc(-c2ccc(C)cc2)nn1. The Morgan fingerprint density at radius 3 is 2.50 bits per heavy atom. The van der Waals surface area contributed by atoms with E-state index in [1.807, 2.05) is 81.4 Å². The minimum Gasteiger partial charge on any atom is -0.462 e. The number of carbonyl (C=O) groups excluding carboxylic acids is 1. The van der Waals surface area contributed by atoms with Gasteiger partial charge in [-0.1, -0.05) is 48.0 Å². The highest BCUT2D eigenvalue weighted by atomic mass is 16.5. The predicted octanol–water partition coefficient (Wildman–Crippen LogP) is 5.72. The van der Waals surface area contributed by atoms with E-state index in [4.69, 9.17) is 9.72 Å². The molecule has 5 rings (SSSR count). The molecule has 0 fully saturated rings. The van der Waals surface area contributed by atoms with Gasteiger partial charge in [0.05, 0.1) is 24.0 Å². The lowest BCUT2D eigenvalue weighted by atomic mass is 10.1. The monoisotopic (exact) mass is 478 g/mol. The Balaban J connectivity index is 1.56. The van der Waals surface area contributed by atoms with Crippen molar-refractivity contribution in [3.63, 3.8) is 0 Å². The van der Waals surface area contributed by atoms with Gasteiger partial charge in [-0.2, -0.15) is 9.78 Å². The molecule has 0 aliphatic carbocycles. The smallest absolute Gasteiger partial charge is 0.343 e. The molecule has 2 aromatic carbocycles. The van der Waals surface area contributed by atoms with Gasteiger partial charge >= 0.3 is 5.97 Å². The van der Waals surface area contributed by atoms with E-state index in [0.717, 1.165) is 33.3 Å². The highest BCUT2D eigenvalue weighted by Crippen LogP contribution is 2.28. The van der Waals surface area contributed by atoms with Gasteiger partial charge < -0.3 is 10.1 Å². The van der Waals surface area contributed by atoms with Gasteiger partial charge in [0, 0.05) is 10.9 Å². The van der Waals surface area contributed by atoms with Gasteiger partial charge in [0.15, 0.2) is 17.5 Å². The first kappa shape index (κ1) is 23.2. The maximum absolute atomic E-state index is 12.7. The Hall–Kier alpha value is -4.59. The van der Waals surface area contributed by atoms with Gasteiger partial charge in [-0.3, -0.25) is 0 Å². The van der Waals surface area contributed by atoms with E-state index in [1.165, 1.54) is 11.8 Å². The molecule has 0 atom stereocenters. The molecule has 0 spiro atoms. The zero-order valence-corrected chi connectivity index (χ0v) is 20.6. The first-order chi connectivity index (χ1) is 17.4. The van der Waals surface area contributed by atoms with E-state index < -0.39 is 5.97 Å². The van der Waals surface area contributed by atoms with Crippen LogP contribution in [0.2, 0.25) is 0 Å². The summed E-state index contributed by atoms with van der Waals surface area (Å²) in [5.41, 5.74) is 6.18. The van der Waals surface area contributed by atoms with Crippen molar-refractivity contribution < 1.29 is 9.53 Å². The molecule has 0 radical (unpaired) electrons. The van der Waals surface area contributed by atoms with Gasteiger partial charge in [-0.05, 0) is 57.0 Å². The summed E-state index contributed by atoms with van der Waals surface area (Å²) < 4.78 is 6.86. The van der Waals surface area contributed by atoms with Gasteiger partial charge in [0.2, 0.25) is 0 Å². The Morgan fingerprint density at radius 1 is 0.972 bits per heavy atom. The number of esters is 1. The lowest BCUT2D eigenvalue weighted by Crippen LogP contribution is -2.11. The topological polar surface area (TPSA) is 94.8 Å². The van der Waals surface area contributed by atoms with Crippen LogP contribution in [0, 0.1) is 20.8 Å². The van der Waals surface area contributed by atoms with Crippen LogP contribution in [0.3, 0.4) is 0 Å². The maximum Gasteiger partial charge on any atom is 0.343 e. The van der Waals surface area contributed by atoms with Crippen molar-refractivity contribution in [2.45, 2.75) is 27.7 Å². The standard InChI is InChI=1S/C28H26N6O2/c1-5-36-28(35)22-16-29-34(25-15-19(4)21-8-6-7-18(3)26(21)31-25)27(22)30-24-14-13-23(32-33-24)20-11-9-17(2)10-12-20/h6-16H,5H2,1-4H3,(H,30,33). The summed E-state index contributed by atoms with van der Waals surface area (Å²) in [6.45, 7) is 8.11. The van der Waals surface area contributed by atoms with Gasteiger partial charge in [0.25, 0.3) is 0 Å². The molecular weight excluding hydrogens is 452 g/mol. The number of fused-ring (bicyclic) bond motifs is 1. The molecule has 3 aromatic heterocycles. The van der Waals surface area contributed by atoms with E-state index in [0.29, 0.717) is 17.5 Å². The number of benzene rings is 2. The first-order valence-corrected chi connectivity index (χ1v) is 11.7. The Labute approximate surface area is 209 Å². The van der Waals surface area contributed by atoms with Crippen LogP contribution in [0.15, 0.2) is 66.9 Å². The van der Waals surface area contributed by atoms with Crippen molar-refractivity contribution in [1.82, 2.24) is 25.0 Å². The summed E-state index contributed by atoms with van der Waals surface area (Å²) in [4.78, 5) is 17.6. The third kappa shape index (κ3) is 4.40. The van der Waals surface area contributed by atoms with Crippen LogP contribution in [0.5, 0.6) is 0 Å². The molecule has 0 aliphatic heterocycles. The molecule has 0 unspecified atom stereocenters. The lowest BCUT2D eigenvalue weighted by molar-refractivity contribution is 0.0527. The Bertz CT molecular complexity index is 1560. The quantitative estimate of drug-likeness (QED) is 0.312. The molecular formula is C28H26N6O2. The number of aromatic nitrogens is 5. The fourth-order valence-electron chi connectivity index (χ4n) is 4.05. The van der Waals surface area contributed by atoms with Crippen LogP contribution < -0.4 is 5.32 Å². The second kappa shape index (κ2) is 9.58. The fraction of sp³-hybridized carbons (Fsp3) is 0.179. The van der Waals surface area contributed by atoms with E-state index in [9.17, 15) is 4.79 Å². The largest absolute Gasteiger partial charge is 0.462 e. The van der Waals surface area contributed by atoms with Crippen molar-refractivity contribution in [2.75, 3.05) is 11.9 Å². The van der Waals surface area contributed by atoms with Gasteiger partial charge in [0.1, 0.15) is 5.56 Å². The molecule has 36 heavy (non-hydrogen) atoms. The number of anilines is 2. The van der Waals surface area contributed by atoms with Crippen LogP contribution in [-0.4, -0.2) is 37.5 Å². The third-order valence-corrected chi connectivity index (χ3v) is 5.97. The number of aryl methyl sites for hydroxylation is 3. The highest BCUT2D eigenvalue weighted by molar-refractivity contribution is 5.95. The minimum absolute atomic E-state index is 0.251. The van der Waals surface area contributed by atoms with Crippen molar-refractivity contribution >= 4 is 28.5 Å². The van der Waals surface area contributed by atoms with Crippen LogP contribution in [0.4, 0.5) is 11.6 Å². The third-order valence-electron chi connectivity index (χ3n) is 5.97. The molecule has 1 N–H and O–H groups in total. The average Bonchev–Trinajstić information content (AvgIpc) is 3.29. The Morgan fingerprint density at radius 2 is 1.78 bits per heavy atom. The molecule has 0 aliphatic rings. The number of pyridine rings is 1. The zero-order valence-electron chi connectivity index (χ0n) is 20.6. The molecule has 0 bridgehead atoms. The molecule has 0 saturated carbocycles. The number of ether oxygens (including phenoxy) is 1. The molecule has 180 valence electrons. The predicted molar refractivity (Wildman–Crippen MR) is 140 cm³/mol. The van der Waals surface area contributed by atoms with Crippen LogP contribution in [-0.2, 0) is 4.74 Å². The van der Waals surface area contributed by atoms with E-state index in [-0.39, 0.29) is 12.2 Å². The molecule has 5 aromatic rings. The average molecular weight is 479 g/mol. The number of nitrogens with one attached hydrogen (secondary N) is 1. The summed E-state index contributed by atoms with van der Waals surface area (Å²) in [7, 11) is 0. The van der Waals surface area contributed by atoms with Crippen LogP contribution in [0.25, 0.3) is 28.0 Å². The number of nitrogens with zero attached hydrogens (tertiary/aromatic N) is 5. The molecule has 0 amide bonds. The summed E-state index contributed by atoms with van der Waals surface area (Å²) in [5, 5.41) is 17.5. The zero-order chi connectivity index (χ0) is 25.2. The number of hydrogen-bond acceptors (Lipinski definition) is 7. The fourth-order valence-corrected chi connectivity index (χ4v) is 4.05. The summed E-state index contributed by atoms with van der Waals surface area (Å²) in [6, 6.07) is 19.8. The molecule has 0 saturated heterocycles. The number of para-hydroxylation sites is 1. The first-order valence-electron chi connectivity index (χ1n) is 11.7. The number of carbonyl (C=O) groups is 1. The summed E-state index contributed by atoms with van der Waals surface area (Å²) in [5.74, 6) is 0.971. The van der Waals surface area contributed by atoms with E-state index in [1.54, 1.807) is 11.6 Å². The van der Waals surface area contributed by atoms with Gasteiger partial charge in [-0.15, -0.1) is 10.2 Å². The maximum atomic E-state index is 12.7. The number of rotatable bonds is 6. The lowest BCUT2D eigenvalue weighted by Gasteiger charge is -2.13. The van der Waals surface area contributed by atoms with Crippen LogP contribution in [0.1, 0.15) is 34.0 Å². The highest BCUT2D eigenvalue weighted by Gasteiger charge is 2.22. The second-order valence-corrected chi connectivity index (χ2v) is 8.60. The number of hydrogen-bond donors (Lipinski definition) is 1. The van der Waals surface area contributed by atoms with Crippen molar-refractivity contribution in [1.29, 1.82) is 0 Å². The minimum atomic E-state index is -0.482. The van der Waals surface area contributed by atoms with E-state index >= 15 is 0 Å². The normalized spacial score (nSPS) is 11.0. The van der Waals surface area contributed by atoms with Gasteiger partial charge in [-0.25, -0.2) is 9.78 Å². The molecule has 8 nitrogen and oxygen atoms in total. The van der Waals surface area contributed by atoms with Crippen LogP contribution >= 0.6 is 0 Å². The Kier molecular flexibility index (Phi) is 6.16. The molecule has 3 heterocycles. The summed E-state index contributed by atoms with van der Waals surface area (Å²) in [6.07, 6.45) is 1.48. The van der Waals surface area contributed by atoms with E-state index in [2.05, 4.69) is 20.6 Å². The van der Waals surface area contributed by atoms with Crippen molar-refractivity contribution in [3.05, 3.63) is 89.1 Å². The second-order valence-electron chi connectivity index (χ2n) is 8.60. The van der Waals surface area contributed by atoms with Crippen molar-refractivity contribution in [2.24, 2.45) is 0 Å². The van der Waals surface area contributed by atoms with Crippen molar-refractivity contribution in [3.8, 4) is 17.1 Å². The summed E-state index contributed by atoms with van der Waals surface area (Å²) >= 11 is 0.